The van der Waals surface area contributed by atoms with Crippen molar-refractivity contribution < 1.29 is 8.42 Å². The summed E-state index contributed by atoms with van der Waals surface area (Å²) in [5.74, 6) is 2.18. The molecule has 0 unspecified atom stereocenters. The highest BCUT2D eigenvalue weighted by Crippen LogP contribution is 2.59. The first kappa shape index (κ1) is 13.3. The fourth-order valence-corrected chi connectivity index (χ4v) is 8.26. The minimum Gasteiger partial charge on any atom is -0.246 e. The molecule has 0 N–H and O–H groups in total. The van der Waals surface area contributed by atoms with Gasteiger partial charge >= 0.3 is 0 Å². The van der Waals surface area contributed by atoms with E-state index in [0.29, 0.717) is 17.8 Å². The Morgan fingerprint density at radius 3 is 2.20 bits per heavy atom. The highest BCUT2D eigenvalue weighted by atomic mass is 32.2. The standard InChI is InChI=1S/C15H21NO2S2/c1-10-16-14(8-19-10)9-20(17,18)15-5-11-2-12(6-15)4-13(3-11)7-15/h8,11-13H,2-7,9H2,1H3. The SMILES string of the molecule is Cc1nc(CS(=O)(=O)C23CC4CC(CC(C4)C2)C3)cs1. The van der Waals surface area contributed by atoms with Crippen LogP contribution >= 0.6 is 11.3 Å². The Bertz CT molecular complexity index is 597. The lowest BCUT2D eigenvalue weighted by Gasteiger charge is -2.55. The van der Waals surface area contributed by atoms with Crippen molar-refractivity contribution in [3.63, 3.8) is 0 Å². The summed E-state index contributed by atoms with van der Waals surface area (Å²) in [6, 6.07) is 0. The zero-order valence-electron chi connectivity index (χ0n) is 11.8. The lowest BCUT2D eigenvalue weighted by atomic mass is 9.56. The van der Waals surface area contributed by atoms with Crippen LogP contribution < -0.4 is 0 Å². The van der Waals surface area contributed by atoms with Gasteiger partial charge in [-0.1, -0.05) is 0 Å². The molecule has 3 nitrogen and oxygen atoms in total. The maximum atomic E-state index is 13.0. The summed E-state index contributed by atoms with van der Waals surface area (Å²) in [4.78, 5) is 4.36. The molecule has 0 aromatic carbocycles. The summed E-state index contributed by atoms with van der Waals surface area (Å²) >= 11 is 1.55. The van der Waals surface area contributed by atoms with Crippen LogP contribution in [0.25, 0.3) is 0 Å². The molecule has 4 bridgehead atoms. The molecule has 4 aliphatic carbocycles. The molecule has 4 aliphatic rings. The Hall–Kier alpha value is -0.420. The average molecular weight is 311 g/mol. The summed E-state index contributed by atoms with van der Waals surface area (Å²) in [5.41, 5.74) is 0.753. The maximum absolute atomic E-state index is 13.0. The van der Waals surface area contributed by atoms with Gasteiger partial charge in [-0.25, -0.2) is 13.4 Å². The van der Waals surface area contributed by atoms with Crippen molar-refractivity contribution in [2.24, 2.45) is 17.8 Å². The summed E-state index contributed by atoms with van der Waals surface area (Å²) in [7, 11) is -3.07. The normalized spacial score (nSPS) is 39.4. The second-order valence-electron chi connectivity index (χ2n) is 7.22. The van der Waals surface area contributed by atoms with Crippen LogP contribution in [0.5, 0.6) is 0 Å². The fourth-order valence-electron chi connectivity index (χ4n) is 5.23. The Morgan fingerprint density at radius 2 is 1.75 bits per heavy atom. The topological polar surface area (TPSA) is 47.0 Å². The molecule has 1 aromatic heterocycles. The molecule has 5 heteroatoms. The van der Waals surface area contributed by atoms with Gasteiger partial charge < -0.3 is 0 Å². The van der Waals surface area contributed by atoms with Crippen LogP contribution in [-0.2, 0) is 15.6 Å². The predicted octanol–water partition coefficient (Wildman–Crippen LogP) is 3.34. The van der Waals surface area contributed by atoms with Crippen molar-refractivity contribution in [1.82, 2.24) is 4.98 Å². The second kappa shape index (κ2) is 4.29. The fraction of sp³-hybridized carbons (Fsp3) is 0.800. The first-order valence-electron chi connectivity index (χ1n) is 7.59. The molecular weight excluding hydrogens is 290 g/mol. The van der Waals surface area contributed by atoms with Gasteiger partial charge in [0, 0.05) is 5.38 Å². The van der Waals surface area contributed by atoms with E-state index in [1.807, 2.05) is 12.3 Å². The summed E-state index contributed by atoms with van der Waals surface area (Å²) < 4.78 is 25.7. The zero-order chi connectivity index (χ0) is 14.0. The van der Waals surface area contributed by atoms with Gasteiger partial charge in [-0.2, -0.15) is 0 Å². The number of aromatic nitrogens is 1. The van der Waals surface area contributed by atoms with Crippen LogP contribution in [0.15, 0.2) is 5.38 Å². The van der Waals surface area contributed by atoms with Gasteiger partial charge in [0.25, 0.3) is 0 Å². The number of nitrogens with zero attached hydrogens (tertiary/aromatic N) is 1. The van der Waals surface area contributed by atoms with Gasteiger partial charge in [0.05, 0.1) is 21.2 Å². The number of rotatable bonds is 3. The minimum absolute atomic E-state index is 0.156. The van der Waals surface area contributed by atoms with E-state index in [0.717, 1.165) is 30.0 Å². The number of hydrogen-bond donors (Lipinski definition) is 0. The molecule has 4 fully saturated rings. The van der Waals surface area contributed by atoms with E-state index >= 15 is 0 Å². The van der Waals surface area contributed by atoms with Gasteiger partial charge in [0.2, 0.25) is 0 Å². The van der Waals surface area contributed by atoms with E-state index < -0.39 is 14.6 Å². The third kappa shape index (κ3) is 1.97. The third-order valence-electron chi connectivity index (χ3n) is 5.65. The van der Waals surface area contributed by atoms with Crippen LogP contribution in [0, 0.1) is 24.7 Å². The van der Waals surface area contributed by atoms with E-state index in [4.69, 9.17) is 0 Å². The first-order valence-corrected chi connectivity index (χ1v) is 10.1. The van der Waals surface area contributed by atoms with Gasteiger partial charge in [0.15, 0.2) is 9.84 Å². The van der Waals surface area contributed by atoms with Gasteiger partial charge in [-0.15, -0.1) is 11.3 Å². The first-order chi connectivity index (χ1) is 9.46. The molecule has 0 atom stereocenters. The zero-order valence-corrected chi connectivity index (χ0v) is 13.5. The average Bonchev–Trinajstić information content (AvgIpc) is 2.72. The van der Waals surface area contributed by atoms with Gasteiger partial charge in [-0.3, -0.25) is 0 Å². The predicted molar refractivity (Wildman–Crippen MR) is 80.4 cm³/mol. The highest BCUT2D eigenvalue weighted by Gasteiger charge is 2.57. The Morgan fingerprint density at radius 1 is 1.20 bits per heavy atom. The molecule has 0 saturated heterocycles. The monoisotopic (exact) mass is 311 g/mol. The number of aryl methyl sites for hydroxylation is 1. The van der Waals surface area contributed by atoms with Crippen LogP contribution in [0.2, 0.25) is 0 Å². The van der Waals surface area contributed by atoms with Gasteiger partial charge in [0.1, 0.15) is 0 Å². The lowest BCUT2D eigenvalue weighted by Crippen LogP contribution is -2.55. The molecule has 0 radical (unpaired) electrons. The Labute approximate surface area is 124 Å². The smallest absolute Gasteiger partial charge is 0.161 e. The Balaban J connectivity index is 1.65. The van der Waals surface area contributed by atoms with E-state index in [1.54, 1.807) is 11.3 Å². The molecule has 1 heterocycles. The van der Waals surface area contributed by atoms with E-state index in [2.05, 4.69) is 4.98 Å². The minimum atomic E-state index is -3.07. The number of sulfone groups is 1. The van der Waals surface area contributed by atoms with Crippen molar-refractivity contribution in [2.45, 2.75) is 55.9 Å². The molecule has 1 aromatic rings. The highest BCUT2D eigenvalue weighted by molar-refractivity contribution is 7.92. The quantitative estimate of drug-likeness (QED) is 0.860. The summed E-state index contributed by atoms with van der Waals surface area (Å²) in [6.07, 6.45) is 6.61. The van der Waals surface area contributed by atoms with Gasteiger partial charge in [-0.05, 0) is 63.2 Å². The van der Waals surface area contributed by atoms with Crippen molar-refractivity contribution in [3.8, 4) is 0 Å². The van der Waals surface area contributed by atoms with Crippen molar-refractivity contribution in [1.29, 1.82) is 0 Å². The van der Waals surface area contributed by atoms with Crippen molar-refractivity contribution in [3.05, 3.63) is 16.1 Å². The molecule has 20 heavy (non-hydrogen) atoms. The van der Waals surface area contributed by atoms with E-state index in [9.17, 15) is 8.42 Å². The number of hydrogen-bond acceptors (Lipinski definition) is 4. The maximum Gasteiger partial charge on any atom is 0.161 e. The molecular formula is C15H21NO2S2. The number of thiazole rings is 1. The van der Waals surface area contributed by atoms with Crippen LogP contribution in [0.1, 0.15) is 49.2 Å². The molecule has 4 saturated carbocycles. The Kier molecular flexibility index (Phi) is 2.84. The molecule has 110 valence electrons. The largest absolute Gasteiger partial charge is 0.246 e. The summed E-state index contributed by atoms with van der Waals surface area (Å²) in [6.45, 7) is 1.94. The van der Waals surface area contributed by atoms with E-state index in [-0.39, 0.29) is 5.75 Å². The van der Waals surface area contributed by atoms with Crippen LogP contribution in [0.3, 0.4) is 0 Å². The third-order valence-corrected chi connectivity index (χ3v) is 8.96. The molecule has 5 rings (SSSR count). The van der Waals surface area contributed by atoms with Crippen molar-refractivity contribution >= 4 is 21.2 Å². The molecule has 0 amide bonds. The van der Waals surface area contributed by atoms with Crippen LogP contribution in [0.4, 0.5) is 0 Å². The second-order valence-corrected chi connectivity index (χ2v) is 10.7. The molecule has 0 spiro atoms. The lowest BCUT2D eigenvalue weighted by molar-refractivity contribution is 0.0338. The summed E-state index contributed by atoms with van der Waals surface area (Å²) in [5, 5.41) is 2.87. The van der Waals surface area contributed by atoms with Crippen molar-refractivity contribution in [2.75, 3.05) is 0 Å². The van der Waals surface area contributed by atoms with E-state index in [1.165, 1.54) is 19.3 Å². The molecule has 0 aliphatic heterocycles. The van der Waals surface area contributed by atoms with Crippen LogP contribution in [-0.4, -0.2) is 18.1 Å².